The van der Waals surface area contributed by atoms with E-state index < -0.39 is 0 Å². The summed E-state index contributed by atoms with van der Waals surface area (Å²) in [6.45, 7) is 1.53. The van der Waals surface area contributed by atoms with Crippen LogP contribution < -0.4 is 19.7 Å². The molecule has 34 heavy (non-hydrogen) atoms. The monoisotopic (exact) mass is 463 g/mol. The lowest BCUT2D eigenvalue weighted by Crippen LogP contribution is -2.49. The summed E-state index contributed by atoms with van der Waals surface area (Å²) in [7, 11) is 3.08. The van der Waals surface area contributed by atoms with Gasteiger partial charge < -0.3 is 19.7 Å². The molecule has 3 amide bonds. The molecule has 0 bridgehead atoms. The van der Waals surface area contributed by atoms with Gasteiger partial charge in [-0.25, -0.2) is 9.18 Å². The number of anilines is 2. The van der Waals surface area contributed by atoms with Crippen molar-refractivity contribution in [2.75, 3.05) is 37.5 Å². The number of urea groups is 1. The Kier molecular flexibility index (Phi) is 6.96. The first-order valence-corrected chi connectivity index (χ1v) is 10.9. The SMILES string of the molecule is COc1ccc(NC(=O)c2ccc(N3CCCN(Cc4cccc(F)c4)C3=O)cc2)cc1OC. The van der Waals surface area contributed by atoms with E-state index in [1.807, 2.05) is 0 Å². The molecule has 7 nitrogen and oxygen atoms in total. The first-order valence-electron chi connectivity index (χ1n) is 10.9. The van der Waals surface area contributed by atoms with Crippen LogP contribution in [0.25, 0.3) is 0 Å². The number of nitrogens with zero attached hydrogens (tertiary/aromatic N) is 2. The summed E-state index contributed by atoms with van der Waals surface area (Å²) >= 11 is 0. The number of carbonyl (C=O) groups is 2. The Morgan fingerprint density at radius 2 is 1.74 bits per heavy atom. The molecule has 3 aromatic carbocycles. The van der Waals surface area contributed by atoms with E-state index in [0.29, 0.717) is 48.1 Å². The standard InChI is InChI=1S/C26H26FN3O4/c1-33-23-12-9-21(16-24(23)34-2)28-25(31)19-7-10-22(11-8-19)30-14-4-13-29(26(30)32)17-18-5-3-6-20(27)15-18/h3,5-12,15-16H,4,13-14,17H2,1-2H3,(H,28,31). The average Bonchev–Trinajstić information content (AvgIpc) is 2.85. The highest BCUT2D eigenvalue weighted by Gasteiger charge is 2.27. The highest BCUT2D eigenvalue weighted by Crippen LogP contribution is 2.30. The molecule has 0 atom stereocenters. The minimum Gasteiger partial charge on any atom is -0.493 e. The van der Waals surface area contributed by atoms with E-state index in [-0.39, 0.29) is 17.8 Å². The summed E-state index contributed by atoms with van der Waals surface area (Å²) in [5.41, 5.74) is 2.49. The van der Waals surface area contributed by atoms with Crippen LogP contribution in [0.15, 0.2) is 66.7 Å². The Labute approximate surface area is 197 Å². The molecule has 0 spiro atoms. The topological polar surface area (TPSA) is 71.1 Å². The Bertz CT molecular complexity index is 1180. The first kappa shape index (κ1) is 23.1. The number of benzene rings is 3. The smallest absolute Gasteiger partial charge is 0.324 e. The number of halogens is 1. The van der Waals surface area contributed by atoms with Crippen LogP contribution in [0.1, 0.15) is 22.3 Å². The van der Waals surface area contributed by atoms with Crippen molar-refractivity contribution in [3.05, 3.63) is 83.7 Å². The Balaban J connectivity index is 1.43. The fourth-order valence-corrected chi connectivity index (χ4v) is 3.93. The number of ether oxygens (including phenoxy) is 2. The van der Waals surface area contributed by atoms with Gasteiger partial charge in [-0.3, -0.25) is 9.69 Å². The summed E-state index contributed by atoms with van der Waals surface area (Å²) in [4.78, 5) is 29.1. The molecule has 176 valence electrons. The van der Waals surface area contributed by atoms with E-state index >= 15 is 0 Å². The summed E-state index contributed by atoms with van der Waals surface area (Å²) in [5.74, 6) is 0.488. The van der Waals surface area contributed by atoms with Gasteiger partial charge in [-0.2, -0.15) is 0 Å². The van der Waals surface area contributed by atoms with Gasteiger partial charge in [0.2, 0.25) is 0 Å². The number of hydrogen-bond acceptors (Lipinski definition) is 4. The molecular formula is C26H26FN3O4. The lowest BCUT2D eigenvalue weighted by atomic mass is 10.1. The molecule has 1 aliphatic rings. The number of hydrogen-bond donors (Lipinski definition) is 1. The first-order chi connectivity index (χ1) is 16.5. The molecule has 1 fully saturated rings. The van der Waals surface area contributed by atoms with Gasteiger partial charge in [0.25, 0.3) is 5.91 Å². The van der Waals surface area contributed by atoms with E-state index in [4.69, 9.17) is 9.47 Å². The maximum absolute atomic E-state index is 13.5. The van der Waals surface area contributed by atoms with E-state index in [2.05, 4.69) is 5.32 Å². The van der Waals surface area contributed by atoms with Crippen LogP contribution in [0, 0.1) is 5.82 Å². The van der Waals surface area contributed by atoms with Crippen molar-refractivity contribution in [1.29, 1.82) is 0 Å². The second-order valence-corrected chi connectivity index (χ2v) is 7.91. The van der Waals surface area contributed by atoms with Gasteiger partial charge in [0, 0.05) is 42.6 Å². The maximum atomic E-state index is 13.5. The lowest BCUT2D eigenvalue weighted by molar-refractivity contribution is 0.102. The second kappa shape index (κ2) is 10.2. The minimum absolute atomic E-state index is 0.141. The molecule has 1 heterocycles. The summed E-state index contributed by atoms with van der Waals surface area (Å²) < 4.78 is 24.0. The van der Waals surface area contributed by atoms with Gasteiger partial charge in [-0.05, 0) is 60.5 Å². The molecule has 8 heteroatoms. The van der Waals surface area contributed by atoms with Crippen molar-refractivity contribution >= 4 is 23.3 Å². The zero-order valence-electron chi connectivity index (χ0n) is 19.1. The van der Waals surface area contributed by atoms with Gasteiger partial charge in [0.1, 0.15) is 5.82 Å². The zero-order chi connectivity index (χ0) is 24.1. The molecule has 0 saturated carbocycles. The van der Waals surface area contributed by atoms with E-state index in [1.54, 1.807) is 71.5 Å². The third kappa shape index (κ3) is 5.11. The van der Waals surface area contributed by atoms with Crippen LogP contribution in [-0.4, -0.2) is 44.1 Å². The number of nitrogens with one attached hydrogen (secondary N) is 1. The third-order valence-corrected chi connectivity index (χ3v) is 5.66. The average molecular weight is 464 g/mol. The number of rotatable bonds is 7. The Morgan fingerprint density at radius 3 is 2.44 bits per heavy atom. The molecule has 1 N–H and O–H groups in total. The molecule has 4 rings (SSSR count). The fourth-order valence-electron chi connectivity index (χ4n) is 3.93. The number of carbonyl (C=O) groups excluding carboxylic acids is 2. The van der Waals surface area contributed by atoms with Crippen LogP contribution in [0.4, 0.5) is 20.6 Å². The maximum Gasteiger partial charge on any atom is 0.324 e. The van der Waals surface area contributed by atoms with Gasteiger partial charge in [0.05, 0.1) is 14.2 Å². The molecular weight excluding hydrogens is 437 g/mol. The molecule has 0 unspecified atom stereocenters. The molecule has 1 saturated heterocycles. The van der Waals surface area contributed by atoms with E-state index in [0.717, 1.165) is 12.0 Å². The van der Waals surface area contributed by atoms with Crippen molar-refractivity contribution in [3.8, 4) is 11.5 Å². The van der Waals surface area contributed by atoms with Gasteiger partial charge in [-0.1, -0.05) is 12.1 Å². The van der Waals surface area contributed by atoms with E-state index in [9.17, 15) is 14.0 Å². The predicted molar refractivity (Wildman–Crippen MR) is 128 cm³/mol. The summed E-state index contributed by atoms with van der Waals surface area (Å²) in [5, 5.41) is 2.84. The largest absolute Gasteiger partial charge is 0.493 e. The van der Waals surface area contributed by atoms with Crippen LogP contribution in [0.3, 0.4) is 0 Å². The molecule has 0 aromatic heterocycles. The Hall–Kier alpha value is -4.07. The van der Waals surface area contributed by atoms with Crippen LogP contribution in [0.2, 0.25) is 0 Å². The minimum atomic E-state index is -0.319. The van der Waals surface area contributed by atoms with Crippen molar-refractivity contribution in [2.24, 2.45) is 0 Å². The van der Waals surface area contributed by atoms with Crippen molar-refractivity contribution < 1.29 is 23.5 Å². The molecule has 1 aliphatic heterocycles. The molecule has 0 aliphatic carbocycles. The van der Waals surface area contributed by atoms with Gasteiger partial charge in [-0.15, -0.1) is 0 Å². The van der Waals surface area contributed by atoms with Crippen LogP contribution >= 0.6 is 0 Å². The van der Waals surface area contributed by atoms with Crippen molar-refractivity contribution in [3.63, 3.8) is 0 Å². The van der Waals surface area contributed by atoms with Crippen LogP contribution in [-0.2, 0) is 6.54 Å². The van der Waals surface area contributed by atoms with Gasteiger partial charge >= 0.3 is 6.03 Å². The van der Waals surface area contributed by atoms with Crippen molar-refractivity contribution in [1.82, 2.24) is 4.90 Å². The van der Waals surface area contributed by atoms with Gasteiger partial charge in [0.15, 0.2) is 11.5 Å². The predicted octanol–water partition coefficient (Wildman–Crippen LogP) is 4.93. The molecule has 0 radical (unpaired) electrons. The Morgan fingerprint density at radius 1 is 0.971 bits per heavy atom. The third-order valence-electron chi connectivity index (χ3n) is 5.66. The quantitative estimate of drug-likeness (QED) is 0.540. The second-order valence-electron chi connectivity index (χ2n) is 7.91. The van der Waals surface area contributed by atoms with Crippen molar-refractivity contribution in [2.45, 2.75) is 13.0 Å². The van der Waals surface area contributed by atoms with E-state index in [1.165, 1.54) is 19.2 Å². The fraction of sp³-hybridized carbons (Fsp3) is 0.231. The zero-order valence-corrected chi connectivity index (χ0v) is 19.1. The normalized spacial score (nSPS) is 13.6. The number of methoxy groups -OCH3 is 2. The summed E-state index contributed by atoms with van der Waals surface area (Å²) in [6, 6.07) is 18.2. The highest BCUT2D eigenvalue weighted by atomic mass is 19.1. The summed E-state index contributed by atoms with van der Waals surface area (Å²) in [6.07, 6.45) is 0.794. The number of amides is 3. The van der Waals surface area contributed by atoms with Crippen LogP contribution in [0.5, 0.6) is 11.5 Å². The lowest BCUT2D eigenvalue weighted by Gasteiger charge is -2.35. The highest BCUT2D eigenvalue weighted by molar-refractivity contribution is 6.05. The molecule has 3 aromatic rings.